The SMILES string of the molecule is CCCC(C)C(=O)CSCC. The highest BCUT2D eigenvalue weighted by atomic mass is 32.2. The summed E-state index contributed by atoms with van der Waals surface area (Å²) in [5.74, 6) is 2.44. The van der Waals surface area contributed by atoms with Crippen molar-refractivity contribution in [1.29, 1.82) is 0 Å². The second kappa shape index (κ2) is 6.71. The third-order valence-electron chi connectivity index (χ3n) is 1.72. The maximum Gasteiger partial charge on any atom is 0.145 e. The van der Waals surface area contributed by atoms with Crippen molar-refractivity contribution in [2.24, 2.45) is 5.92 Å². The van der Waals surface area contributed by atoms with Crippen LogP contribution in [0.15, 0.2) is 0 Å². The van der Waals surface area contributed by atoms with Gasteiger partial charge in [0.1, 0.15) is 5.78 Å². The summed E-state index contributed by atoms with van der Waals surface area (Å²) in [7, 11) is 0. The summed E-state index contributed by atoms with van der Waals surface area (Å²) in [4.78, 5) is 11.3. The van der Waals surface area contributed by atoms with E-state index in [0.717, 1.165) is 18.6 Å². The van der Waals surface area contributed by atoms with Crippen molar-refractivity contribution < 1.29 is 4.79 Å². The zero-order valence-corrected chi connectivity index (χ0v) is 8.54. The molecule has 0 aromatic carbocycles. The van der Waals surface area contributed by atoms with Crippen molar-refractivity contribution in [2.75, 3.05) is 11.5 Å². The Morgan fingerprint density at radius 3 is 2.55 bits per heavy atom. The van der Waals surface area contributed by atoms with Gasteiger partial charge in [-0.1, -0.05) is 27.2 Å². The van der Waals surface area contributed by atoms with Crippen LogP contribution in [-0.2, 0) is 4.79 Å². The lowest BCUT2D eigenvalue weighted by Gasteiger charge is -2.07. The van der Waals surface area contributed by atoms with Crippen LogP contribution < -0.4 is 0 Å². The zero-order chi connectivity index (χ0) is 8.69. The van der Waals surface area contributed by atoms with Gasteiger partial charge < -0.3 is 0 Å². The molecule has 0 aliphatic heterocycles. The highest BCUT2D eigenvalue weighted by Gasteiger charge is 2.10. The lowest BCUT2D eigenvalue weighted by atomic mass is 10.0. The van der Waals surface area contributed by atoms with Gasteiger partial charge in [-0.15, -0.1) is 0 Å². The molecule has 1 unspecified atom stereocenters. The summed E-state index contributed by atoms with van der Waals surface area (Å²) in [5, 5.41) is 0. The molecule has 0 aliphatic carbocycles. The topological polar surface area (TPSA) is 17.1 Å². The number of hydrogen-bond acceptors (Lipinski definition) is 2. The number of ketones is 1. The summed E-state index contributed by atoms with van der Waals surface area (Å²) in [6, 6.07) is 0. The lowest BCUT2D eigenvalue weighted by molar-refractivity contribution is -0.120. The normalized spacial score (nSPS) is 13.0. The van der Waals surface area contributed by atoms with Crippen LogP contribution in [0.5, 0.6) is 0 Å². The molecule has 11 heavy (non-hydrogen) atoms. The summed E-state index contributed by atoms with van der Waals surface area (Å²) in [6.45, 7) is 6.24. The molecule has 0 amide bonds. The minimum Gasteiger partial charge on any atom is -0.298 e. The number of Topliss-reactive ketones (excluding diaryl/α,β-unsaturated/α-hetero) is 1. The molecular weight excluding hydrogens is 156 g/mol. The van der Waals surface area contributed by atoms with Crippen LogP contribution in [0.25, 0.3) is 0 Å². The van der Waals surface area contributed by atoms with Crippen LogP contribution >= 0.6 is 11.8 Å². The first-order valence-corrected chi connectivity index (χ1v) is 5.48. The van der Waals surface area contributed by atoms with E-state index in [9.17, 15) is 4.79 Å². The van der Waals surface area contributed by atoms with E-state index in [1.54, 1.807) is 11.8 Å². The molecule has 0 spiro atoms. The van der Waals surface area contributed by atoms with Crippen molar-refractivity contribution in [2.45, 2.75) is 33.6 Å². The van der Waals surface area contributed by atoms with E-state index < -0.39 is 0 Å². The Morgan fingerprint density at radius 1 is 1.45 bits per heavy atom. The molecule has 0 aromatic heterocycles. The quantitative estimate of drug-likeness (QED) is 0.616. The summed E-state index contributed by atoms with van der Waals surface area (Å²) >= 11 is 1.72. The predicted octanol–water partition coefficient (Wildman–Crippen LogP) is 2.74. The predicted molar refractivity (Wildman–Crippen MR) is 52.1 cm³/mol. The smallest absolute Gasteiger partial charge is 0.145 e. The minimum atomic E-state index is 0.277. The average molecular weight is 174 g/mol. The molecule has 1 atom stereocenters. The first-order chi connectivity index (χ1) is 5.22. The molecule has 0 saturated heterocycles. The fraction of sp³-hybridized carbons (Fsp3) is 0.889. The van der Waals surface area contributed by atoms with Crippen molar-refractivity contribution in [3.05, 3.63) is 0 Å². The van der Waals surface area contributed by atoms with Gasteiger partial charge in [0, 0.05) is 5.92 Å². The molecule has 2 heteroatoms. The Balaban J connectivity index is 3.47. The van der Waals surface area contributed by atoms with Gasteiger partial charge in [-0.3, -0.25) is 4.79 Å². The van der Waals surface area contributed by atoms with Gasteiger partial charge in [-0.25, -0.2) is 0 Å². The standard InChI is InChI=1S/C9H18OS/c1-4-6-8(3)9(10)7-11-5-2/h8H,4-7H2,1-3H3. The second-order valence-corrected chi connectivity index (χ2v) is 4.07. The maximum absolute atomic E-state index is 11.3. The molecule has 0 aliphatic rings. The molecular formula is C9H18OS. The molecule has 66 valence electrons. The number of thioether (sulfide) groups is 1. The molecule has 0 saturated carbocycles. The van der Waals surface area contributed by atoms with Crippen LogP contribution in [-0.4, -0.2) is 17.3 Å². The Hall–Kier alpha value is 0.0200. The van der Waals surface area contributed by atoms with E-state index >= 15 is 0 Å². The molecule has 0 rings (SSSR count). The van der Waals surface area contributed by atoms with Gasteiger partial charge in [0.2, 0.25) is 0 Å². The van der Waals surface area contributed by atoms with Crippen LogP contribution in [0.2, 0.25) is 0 Å². The summed E-state index contributed by atoms with van der Waals surface area (Å²) < 4.78 is 0. The average Bonchev–Trinajstić information content (AvgIpc) is 2.00. The van der Waals surface area contributed by atoms with Gasteiger partial charge >= 0.3 is 0 Å². The van der Waals surface area contributed by atoms with Gasteiger partial charge in [0.25, 0.3) is 0 Å². The molecule has 1 nitrogen and oxygen atoms in total. The summed E-state index contributed by atoms with van der Waals surface area (Å²) in [6.07, 6.45) is 2.16. The molecule has 0 bridgehead atoms. The Kier molecular flexibility index (Phi) is 6.73. The largest absolute Gasteiger partial charge is 0.298 e. The van der Waals surface area contributed by atoms with Gasteiger partial charge in [0.05, 0.1) is 5.75 Å². The van der Waals surface area contributed by atoms with Crippen LogP contribution in [0.4, 0.5) is 0 Å². The van der Waals surface area contributed by atoms with E-state index in [1.165, 1.54) is 0 Å². The monoisotopic (exact) mass is 174 g/mol. The zero-order valence-electron chi connectivity index (χ0n) is 7.72. The van der Waals surface area contributed by atoms with E-state index in [1.807, 2.05) is 6.92 Å². The van der Waals surface area contributed by atoms with Crippen molar-refractivity contribution >= 4 is 17.5 Å². The highest BCUT2D eigenvalue weighted by Crippen LogP contribution is 2.10. The molecule has 0 fully saturated rings. The van der Waals surface area contributed by atoms with Gasteiger partial charge in [-0.05, 0) is 12.2 Å². The number of carbonyl (C=O) groups excluding carboxylic acids is 1. The van der Waals surface area contributed by atoms with E-state index in [2.05, 4.69) is 13.8 Å². The third-order valence-corrected chi connectivity index (χ3v) is 2.62. The maximum atomic E-state index is 11.3. The molecule has 0 radical (unpaired) electrons. The minimum absolute atomic E-state index is 0.277. The van der Waals surface area contributed by atoms with E-state index in [4.69, 9.17) is 0 Å². The molecule has 0 N–H and O–H groups in total. The summed E-state index contributed by atoms with van der Waals surface area (Å²) in [5.41, 5.74) is 0. The first-order valence-electron chi connectivity index (χ1n) is 4.32. The number of hydrogen-bond donors (Lipinski definition) is 0. The Labute approximate surface area is 73.9 Å². The number of rotatable bonds is 6. The Bertz CT molecular complexity index is 112. The number of carbonyl (C=O) groups is 1. The van der Waals surface area contributed by atoms with Crippen LogP contribution in [0.3, 0.4) is 0 Å². The fourth-order valence-electron chi connectivity index (χ4n) is 0.939. The van der Waals surface area contributed by atoms with Gasteiger partial charge in [0.15, 0.2) is 0 Å². The molecule has 0 aromatic rings. The van der Waals surface area contributed by atoms with E-state index in [-0.39, 0.29) is 5.92 Å². The van der Waals surface area contributed by atoms with Crippen LogP contribution in [0, 0.1) is 5.92 Å². The van der Waals surface area contributed by atoms with Gasteiger partial charge in [-0.2, -0.15) is 11.8 Å². The van der Waals surface area contributed by atoms with Crippen molar-refractivity contribution in [1.82, 2.24) is 0 Å². The Morgan fingerprint density at radius 2 is 2.09 bits per heavy atom. The second-order valence-electron chi connectivity index (χ2n) is 2.79. The fourth-order valence-corrected chi connectivity index (χ4v) is 1.63. The van der Waals surface area contributed by atoms with Crippen molar-refractivity contribution in [3.63, 3.8) is 0 Å². The van der Waals surface area contributed by atoms with E-state index in [0.29, 0.717) is 11.5 Å². The highest BCUT2D eigenvalue weighted by molar-refractivity contribution is 7.99. The first kappa shape index (κ1) is 11.0. The lowest BCUT2D eigenvalue weighted by Crippen LogP contribution is -2.13. The molecule has 0 heterocycles. The van der Waals surface area contributed by atoms with Crippen molar-refractivity contribution in [3.8, 4) is 0 Å². The third kappa shape index (κ3) is 5.31. The van der Waals surface area contributed by atoms with Crippen LogP contribution in [0.1, 0.15) is 33.6 Å².